The van der Waals surface area contributed by atoms with Crippen molar-refractivity contribution in [2.75, 3.05) is 13.2 Å². The first-order chi connectivity index (χ1) is 22.0. The summed E-state index contributed by atoms with van der Waals surface area (Å²) in [5.41, 5.74) is 0. The Kier molecular flexibility index (Phi) is 24.4. The summed E-state index contributed by atoms with van der Waals surface area (Å²) in [7, 11) is -5.06. The largest absolute Gasteiger partial charge is 0.397 e. The van der Waals surface area contributed by atoms with Crippen LogP contribution in [0.5, 0.6) is 0 Å². The molecule has 1 aliphatic heterocycles. The van der Waals surface area contributed by atoms with Gasteiger partial charge in [0.15, 0.2) is 6.29 Å². The quantitative estimate of drug-likeness (QED) is 0.0473. The Morgan fingerprint density at radius 3 is 1.74 bits per heavy atom. The minimum atomic E-state index is -5.06. The van der Waals surface area contributed by atoms with Crippen LogP contribution in [0.1, 0.15) is 149 Å². The number of carbonyl (C=O) groups excluding carboxylic acids is 1. The second-order valence-corrected chi connectivity index (χ2v) is 13.9. The maximum absolute atomic E-state index is 12.8. The van der Waals surface area contributed by atoms with Crippen molar-refractivity contribution in [3.05, 3.63) is 0 Å². The van der Waals surface area contributed by atoms with Gasteiger partial charge in [0.25, 0.3) is 0 Å². The third-order valence-corrected chi connectivity index (χ3v) is 9.13. The molecule has 1 aliphatic rings. The van der Waals surface area contributed by atoms with E-state index in [2.05, 4.69) is 23.3 Å². The fraction of sp³-hybridized carbons (Fsp3) is 0.970. The van der Waals surface area contributed by atoms with E-state index in [4.69, 9.17) is 14.0 Å². The summed E-state index contributed by atoms with van der Waals surface area (Å²) in [6.45, 7) is 3.36. The lowest BCUT2D eigenvalue weighted by Gasteiger charge is -2.41. The molecule has 0 aliphatic carbocycles. The summed E-state index contributed by atoms with van der Waals surface area (Å²) in [4.78, 5) is 12.8. The van der Waals surface area contributed by atoms with Crippen LogP contribution in [0.25, 0.3) is 0 Å². The molecule has 0 saturated carbocycles. The molecule has 12 nitrogen and oxygen atoms in total. The molecule has 0 spiro atoms. The van der Waals surface area contributed by atoms with Gasteiger partial charge in [-0.1, -0.05) is 129 Å². The highest BCUT2D eigenvalue weighted by molar-refractivity contribution is 7.80. The smallest absolute Gasteiger partial charge is 0.394 e. The van der Waals surface area contributed by atoms with Crippen LogP contribution < -0.4 is 5.32 Å². The number of hydrogen-bond acceptors (Lipinski definition) is 10. The lowest BCUT2D eigenvalue weighted by molar-refractivity contribution is -0.298. The Labute approximate surface area is 277 Å². The molecule has 1 heterocycles. The first-order valence-corrected chi connectivity index (χ1v) is 19.3. The number of nitrogens with one attached hydrogen (secondary N) is 1. The molecule has 46 heavy (non-hydrogen) atoms. The molecule has 0 bridgehead atoms. The van der Waals surface area contributed by atoms with Crippen LogP contribution >= 0.6 is 0 Å². The van der Waals surface area contributed by atoms with Crippen molar-refractivity contribution < 1.29 is 51.8 Å². The van der Waals surface area contributed by atoms with Gasteiger partial charge in [-0.15, -0.1) is 0 Å². The van der Waals surface area contributed by atoms with Gasteiger partial charge < -0.3 is 35.2 Å². The van der Waals surface area contributed by atoms with E-state index in [1.807, 2.05) is 0 Å². The number of aliphatic hydroxyl groups excluding tert-OH is 4. The van der Waals surface area contributed by atoms with Gasteiger partial charge >= 0.3 is 10.4 Å². The van der Waals surface area contributed by atoms with Crippen LogP contribution in [0, 0.1) is 0 Å². The lowest BCUT2D eigenvalue weighted by Crippen LogP contribution is -2.61. The molecular formula is C33H65NO11S. The SMILES string of the molecule is CCCCCCCCCCCCC(=O)NC(COC1OC(CO)C(O)C(OS(=O)(=O)O)C1O)C(O)CCCCCCCCCCC. The number of rotatable bonds is 29. The van der Waals surface area contributed by atoms with Crippen molar-refractivity contribution in [3.63, 3.8) is 0 Å². The topological polar surface area (TPSA) is 192 Å². The van der Waals surface area contributed by atoms with Gasteiger partial charge in [0.05, 0.1) is 25.4 Å². The number of amides is 1. The summed E-state index contributed by atoms with van der Waals surface area (Å²) in [5, 5.41) is 44.4. The Balaban J connectivity index is 2.66. The third-order valence-electron chi connectivity index (χ3n) is 8.67. The molecule has 1 amide bonds. The number of aliphatic hydroxyl groups is 4. The maximum Gasteiger partial charge on any atom is 0.397 e. The monoisotopic (exact) mass is 683 g/mol. The fourth-order valence-corrected chi connectivity index (χ4v) is 6.32. The number of carbonyl (C=O) groups is 1. The van der Waals surface area contributed by atoms with Gasteiger partial charge in [0, 0.05) is 6.42 Å². The third kappa shape index (κ3) is 19.8. The fourth-order valence-electron chi connectivity index (χ4n) is 5.81. The molecule has 274 valence electrons. The predicted octanol–water partition coefficient (Wildman–Crippen LogP) is 4.71. The summed E-state index contributed by atoms with van der Waals surface area (Å²) >= 11 is 0. The molecule has 7 unspecified atom stereocenters. The van der Waals surface area contributed by atoms with E-state index in [1.165, 1.54) is 70.6 Å². The molecule has 0 aromatic carbocycles. The van der Waals surface area contributed by atoms with E-state index in [1.54, 1.807) is 0 Å². The van der Waals surface area contributed by atoms with E-state index < -0.39 is 59.9 Å². The Bertz CT molecular complexity index is 863. The van der Waals surface area contributed by atoms with Crippen molar-refractivity contribution in [1.82, 2.24) is 5.32 Å². The average Bonchev–Trinajstić information content (AvgIpc) is 3.01. The van der Waals surface area contributed by atoms with Gasteiger partial charge in [-0.3, -0.25) is 9.35 Å². The second kappa shape index (κ2) is 26.0. The summed E-state index contributed by atoms with van der Waals surface area (Å²) in [6.07, 6.45) is 12.8. The molecular weight excluding hydrogens is 618 g/mol. The van der Waals surface area contributed by atoms with Crippen LogP contribution in [0.2, 0.25) is 0 Å². The molecule has 1 rings (SSSR count). The van der Waals surface area contributed by atoms with E-state index in [-0.39, 0.29) is 12.5 Å². The normalized spacial score (nSPS) is 23.3. The number of hydrogen-bond donors (Lipinski definition) is 6. The van der Waals surface area contributed by atoms with Crippen LogP contribution in [0.4, 0.5) is 0 Å². The van der Waals surface area contributed by atoms with E-state index >= 15 is 0 Å². The van der Waals surface area contributed by atoms with Crippen molar-refractivity contribution in [2.24, 2.45) is 0 Å². The van der Waals surface area contributed by atoms with E-state index in [0.717, 1.165) is 51.4 Å². The maximum atomic E-state index is 12.8. The zero-order valence-corrected chi connectivity index (χ0v) is 29.2. The Morgan fingerprint density at radius 1 is 0.783 bits per heavy atom. The van der Waals surface area contributed by atoms with Crippen LogP contribution in [-0.4, -0.2) is 95.4 Å². The van der Waals surface area contributed by atoms with Crippen molar-refractivity contribution >= 4 is 16.3 Å². The molecule has 0 aromatic rings. The van der Waals surface area contributed by atoms with Gasteiger partial charge in [-0.25, -0.2) is 4.18 Å². The van der Waals surface area contributed by atoms with E-state index in [0.29, 0.717) is 12.8 Å². The average molecular weight is 684 g/mol. The van der Waals surface area contributed by atoms with Crippen molar-refractivity contribution in [2.45, 2.75) is 192 Å². The van der Waals surface area contributed by atoms with Crippen LogP contribution in [-0.2, 0) is 28.9 Å². The lowest BCUT2D eigenvalue weighted by atomic mass is 9.99. The van der Waals surface area contributed by atoms with Crippen molar-refractivity contribution in [3.8, 4) is 0 Å². The molecule has 7 atom stereocenters. The predicted molar refractivity (Wildman–Crippen MR) is 176 cm³/mol. The molecule has 1 saturated heterocycles. The summed E-state index contributed by atoms with van der Waals surface area (Å²) in [6, 6.07) is -0.846. The highest BCUT2D eigenvalue weighted by Gasteiger charge is 2.48. The molecule has 1 fully saturated rings. The number of unbranched alkanes of at least 4 members (excludes halogenated alkanes) is 17. The van der Waals surface area contributed by atoms with Crippen LogP contribution in [0.3, 0.4) is 0 Å². The standard InChI is InChI=1S/C33H65NO11S/c1-3-5-7-9-11-13-15-17-19-21-23-29(37)34-26(27(36)22-20-18-16-14-12-10-8-6-4-2)25-43-33-31(39)32(45-46(40,41)42)30(38)28(24-35)44-33/h26-28,30-33,35-36,38-39H,3-25H2,1-2H3,(H,34,37)(H,40,41,42). The Hall–Kier alpha value is -0.900. The van der Waals surface area contributed by atoms with Gasteiger partial charge in [-0.05, 0) is 12.8 Å². The minimum absolute atomic E-state index is 0.236. The molecule has 6 N–H and O–H groups in total. The van der Waals surface area contributed by atoms with Gasteiger partial charge in [-0.2, -0.15) is 8.42 Å². The highest BCUT2D eigenvalue weighted by atomic mass is 32.3. The minimum Gasteiger partial charge on any atom is -0.394 e. The molecule has 0 radical (unpaired) electrons. The van der Waals surface area contributed by atoms with Gasteiger partial charge in [0.1, 0.15) is 24.4 Å². The first kappa shape index (κ1) is 43.1. The van der Waals surface area contributed by atoms with E-state index in [9.17, 15) is 33.6 Å². The number of ether oxygens (including phenoxy) is 2. The van der Waals surface area contributed by atoms with Gasteiger partial charge in [0.2, 0.25) is 5.91 Å². The molecule has 13 heteroatoms. The zero-order valence-electron chi connectivity index (χ0n) is 28.4. The van der Waals surface area contributed by atoms with Crippen LogP contribution in [0.15, 0.2) is 0 Å². The van der Waals surface area contributed by atoms with Crippen molar-refractivity contribution in [1.29, 1.82) is 0 Å². The highest BCUT2D eigenvalue weighted by Crippen LogP contribution is 2.26. The second-order valence-electron chi connectivity index (χ2n) is 12.8. The zero-order chi connectivity index (χ0) is 34.2. The Morgan fingerprint density at radius 2 is 1.26 bits per heavy atom. The summed E-state index contributed by atoms with van der Waals surface area (Å²) in [5.74, 6) is -0.236. The molecule has 0 aromatic heterocycles. The summed E-state index contributed by atoms with van der Waals surface area (Å²) < 4.78 is 47.2. The first-order valence-electron chi connectivity index (χ1n) is 17.9.